The van der Waals surface area contributed by atoms with Crippen molar-refractivity contribution in [2.75, 3.05) is 26.3 Å². The number of nitrogens with zero attached hydrogens (tertiary/aromatic N) is 1. The molecule has 0 aromatic rings. The van der Waals surface area contributed by atoms with Crippen LogP contribution in [-0.4, -0.2) is 49.6 Å². The topological polar surface area (TPSA) is 50.8 Å². The van der Waals surface area contributed by atoms with Crippen molar-refractivity contribution in [1.29, 1.82) is 0 Å². The van der Waals surface area contributed by atoms with E-state index in [9.17, 15) is 4.79 Å². The third-order valence-corrected chi connectivity index (χ3v) is 3.06. The van der Waals surface area contributed by atoms with Crippen LogP contribution < -0.4 is 5.32 Å². The van der Waals surface area contributed by atoms with E-state index in [0.717, 1.165) is 25.0 Å². The van der Waals surface area contributed by atoms with Crippen molar-refractivity contribution in [3.8, 4) is 0 Å². The maximum absolute atomic E-state index is 11.8. The lowest BCUT2D eigenvalue weighted by molar-refractivity contribution is 0.00504. The second-order valence-electron chi connectivity index (χ2n) is 4.51. The zero-order chi connectivity index (χ0) is 12.3. The monoisotopic (exact) mass is 240 g/mol. The van der Waals surface area contributed by atoms with Crippen LogP contribution in [0, 0.1) is 0 Å². The Kier molecular flexibility index (Phi) is 4.02. The molecule has 2 atom stereocenters. The van der Waals surface area contributed by atoms with Crippen LogP contribution in [0.2, 0.25) is 0 Å². The lowest BCUT2D eigenvalue weighted by Gasteiger charge is -2.27. The maximum Gasteiger partial charge on any atom is 0.411 e. The van der Waals surface area contributed by atoms with Crippen LogP contribution in [0.1, 0.15) is 19.8 Å². The first-order chi connectivity index (χ1) is 8.22. The molecule has 1 unspecified atom stereocenters. The van der Waals surface area contributed by atoms with Gasteiger partial charge in [-0.1, -0.05) is 19.1 Å². The van der Waals surface area contributed by atoms with E-state index in [2.05, 4.69) is 11.9 Å². The Bertz CT molecular complexity index is 306. The third-order valence-electron chi connectivity index (χ3n) is 3.06. The number of carbonyl (C=O) groups is 1. The van der Waals surface area contributed by atoms with Crippen molar-refractivity contribution in [3.05, 3.63) is 12.2 Å². The average Bonchev–Trinajstić information content (AvgIpc) is 2.93. The van der Waals surface area contributed by atoms with Crippen LogP contribution in [0.5, 0.6) is 0 Å². The van der Waals surface area contributed by atoms with Gasteiger partial charge in [-0.25, -0.2) is 4.79 Å². The van der Waals surface area contributed by atoms with E-state index in [1.165, 1.54) is 0 Å². The van der Waals surface area contributed by atoms with Crippen molar-refractivity contribution >= 4 is 6.09 Å². The molecule has 17 heavy (non-hydrogen) atoms. The molecule has 5 heteroatoms. The van der Waals surface area contributed by atoms with Gasteiger partial charge in [0.15, 0.2) is 6.23 Å². The lowest BCUT2D eigenvalue weighted by Crippen LogP contribution is -2.47. The molecule has 2 aliphatic rings. The fourth-order valence-corrected chi connectivity index (χ4v) is 2.22. The molecule has 1 amide bonds. The number of nitrogens with one attached hydrogen (secondary N) is 1. The van der Waals surface area contributed by atoms with Crippen LogP contribution in [-0.2, 0) is 9.47 Å². The predicted molar refractivity (Wildman–Crippen MR) is 63.6 cm³/mol. The molecule has 2 saturated heterocycles. The van der Waals surface area contributed by atoms with E-state index in [4.69, 9.17) is 9.47 Å². The number of hydrogen-bond acceptors (Lipinski definition) is 4. The number of amides is 1. The molecular formula is C12H20N2O3. The minimum atomic E-state index is -0.270. The van der Waals surface area contributed by atoms with Gasteiger partial charge in [-0.3, -0.25) is 4.90 Å². The summed E-state index contributed by atoms with van der Waals surface area (Å²) in [5, 5.41) is 3.32. The molecule has 5 nitrogen and oxygen atoms in total. The Morgan fingerprint density at radius 1 is 1.71 bits per heavy atom. The lowest BCUT2D eigenvalue weighted by atomic mass is 10.1. The highest BCUT2D eigenvalue weighted by Crippen LogP contribution is 2.22. The summed E-state index contributed by atoms with van der Waals surface area (Å²) in [6, 6.07) is 0.152. The second-order valence-corrected chi connectivity index (χ2v) is 4.51. The molecule has 96 valence electrons. The summed E-state index contributed by atoms with van der Waals surface area (Å²) >= 11 is 0. The highest BCUT2D eigenvalue weighted by atomic mass is 16.6. The van der Waals surface area contributed by atoms with Crippen molar-refractivity contribution in [3.63, 3.8) is 0 Å². The highest BCUT2D eigenvalue weighted by Gasteiger charge is 2.38. The van der Waals surface area contributed by atoms with Gasteiger partial charge in [0, 0.05) is 6.54 Å². The fourth-order valence-electron chi connectivity index (χ4n) is 2.22. The molecule has 1 N–H and O–H groups in total. The fraction of sp³-hybridized carbons (Fsp3) is 0.750. The summed E-state index contributed by atoms with van der Waals surface area (Å²) < 4.78 is 10.8. The molecular weight excluding hydrogens is 220 g/mol. The highest BCUT2D eigenvalue weighted by molar-refractivity contribution is 5.68. The van der Waals surface area contributed by atoms with E-state index < -0.39 is 0 Å². The Hall–Kier alpha value is -1.07. The summed E-state index contributed by atoms with van der Waals surface area (Å²) in [5.74, 6) is 0. The van der Waals surface area contributed by atoms with Gasteiger partial charge in [0.25, 0.3) is 0 Å². The molecule has 2 heterocycles. The van der Waals surface area contributed by atoms with Gasteiger partial charge in [0.2, 0.25) is 0 Å². The normalized spacial score (nSPS) is 28.8. The summed E-state index contributed by atoms with van der Waals surface area (Å²) in [5.41, 5.74) is 1.16. The maximum atomic E-state index is 11.8. The third kappa shape index (κ3) is 2.79. The van der Waals surface area contributed by atoms with Crippen molar-refractivity contribution in [2.45, 2.75) is 32.0 Å². The van der Waals surface area contributed by atoms with Crippen LogP contribution in [0.25, 0.3) is 0 Å². The van der Waals surface area contributed by atoms with Gasteiger partial charge in [0.05, 0.1) is 25.8 Å². The summed E-state index contributed by atoms with van der Waals surface area (Å²) in [7, 11) is 0. The average molecular weight is 240 g/mol. The minimum Gasteiger partial charge on any atom is -0.449 e. The SMILES string of the molecule is C=C1CN[C@H](C2OCCN2C(=O)OCCC)C1. The number of hydrogen-bond donors (Lipinski definition) is 1. The van der Waals surface area contributed by atoms with Gasteiger partial charge in [0.1, 0.15) is 0 Å². The smallest absolute Gasteiger partial charge is 0.411 e. The van der Waals surface area contributed by atoms with Gasteiger partial charge in [-0.05, 0) is 12.8 Å². The van der Waals surface area contributed by atoms with Crippen LogP contribution in [0.15, 0.2) is 12.2 Å². The van der Waals surface area contributed by atoms with Crippen LogP contribution in [0.3, 0.4) is 0 Å². The second kappa shape index (κ2) is 5.51. The Morgan fingerprint density at radius 3 is 3.18 bits per heavy atom. The van der Waals surface area contributed by atoms with E-state index in [1.54, 1.807) is 4.90 Å². The number of carbonyl (C=O) groups excluding carboxylic acids is 1. The summed E-state index contributed by atoms with van der Waals surface area (Å²) in [6.07, 6.45) is 1.22. The van der Waals surface area contributed by atoms with E-state index in [1.807, 2.05) is 6.92 Å². The van der Waals surface area contributed by atoms with Gasteiger partial charge >= 0.3 is 6.09 Å². The molecule has 0 aromatic carbocycles. The predicted octanol–water partition coefficient (Wildman–Crippen LogP) is 1.11. The molecule has 0 bridgehead atoms. The van der Waals surface area contributed by atoms with Crippen LogP contribution >= 0.6 is 0 Å². The van der Waals surface area contributed by atoms with Crippen LogP contribution in [0.4, 0.5) is 4.79 Å². The van der Waals surface area contributed by atoms with E-state index in [-0.39, 0.29) is 18.4 Å². The summed E-state index contributed by atoms with van der Waals surface area (Å²) in [4.78, 5) is 13.5. The minimum absolute atomic E-state index is 0.152. The molecule has 0 saturated carbocycles. The molecule has 0 aliphatic carbocycles. The number of rotatable bonds is 3. The van der Waals surface area contributed by atoms with Gasteiger partial charge < -0.3 is 14.8 Å². The molecule has 2 aliphatic heterocycles. The zero-order valence-electron chi connectivity index (χ0n) is 10.3. The largest absolute Gasteiger partial charge is 0.449 e. The van der Waals surface area contributed by atoms with Gasteiger partial charge in [-0.15, -0.1) is 0 Å². The molecule has 0 spiro atoms. The Balaban J connectivity index is 1.92. The Morgan fingerprint density at radius 2 is 2.53 bits per heavy atom. The molecule has 2 fully saturated rings. The first-order valence-electron chi connectivity index (χ1n) is 6.17. The molecule has 0 aromatic heterocycles. The number of ether oxygens (including phenoxy) is 2. The summed E-state index contributed by atoms with van der Waals surface area (Å²) in [6.45, 7) is 8.38. The Labute approximate surface area is 102 Å². The van der Waals surface area contributed by atoms with Crippen molar-refractivity contribution < 1.29 is 14.3 Å². The first kappa shape index (κ1) is 12.4. The van der Waals surface area contributed by atoms with Gasteiger partial charge in [-0.2, -0.15) is 0 Å². The van der Waals surface area contributed by atoms with E-state index in [0.29, 0.717) is 19.8 Å². The zero-order valence-corrected chi connectivity index (χ0v) is 10.3. The van der Waals surface area contributed by atoms with Crippen molar-refractivity contribution in [2.24, 2.45) is 0 Å². The van der Waals surface area contributed by atoms with Crippen molar-refractivity contribution in [1.82, 2.24) is 10.2 Å². The quantitative estimate of drug-likeness (QED) is 0.751. The first-order valence-corrected chi connectivity index (χ1v) is 6.17. The standard InChI is InChI=1S/C12H20N2O3/c1-3-5-17-12(15)14-4-6-16-11(14)10-7-9(2)8-13-10/h10-11,13H,2-8H2,1H3/t10-,11?/m0/s1. The van der Waals surface area contributed by atoms with E-state index >= 15 is 0 Å². The molecule has 2 rings (SSSR count). The molecule has 0 radical (unpaired) electrons.